The van der Waals surface area contributed by atoms with Crippen LogP contribution in [0.1, 0.15) is 197 Å². The van der Waals surface area contributed by atoms with Crippen molar-refractivity contribution in [3.8, 4) is 0 Å². The van der Waals surface area contributed by atoms with Crippen molar-refractivity contribution in [1.29, 1.82) is 0 Å². The highest BCUT2D eigenvalue weighted by Gasteiger charge is 2.13. The maximum absolute atomic E-state index is 6.79. The monoisotopic (exact) mass is 789 g/mol. The van der Waals surface area contributed by atoms with Crippen LogP contribution in [0.25, 0.3) is 0 Å². The van der Waals surface area contributed by atoms with Gasteiger partial charge < -0.3 is 22.9 Å². The van der Waals surface area contributed by atoms with Gasteiger partial charge in [0.25, 0.3) is 0 Å². The van der Waals surface area contributed by atoms with Crippen molar-refractivity contribution in [3.05, 3.63) is 115 Å². The van der Waals surface area contributed by atoms with Crippen molar-refractivity contribution in [2.75, 3.05) is 22.9 Å². The van der Waals surface area contributed by atoms with Crippen LogP contribution in [0, 0.1) is 27.7 Å². The zero-order chi connectivity index (χ0) is 42.5. The topological polar surface area (TPSA) is 104 Å². The van der Waals surface area contributed by atoms with Gasteiger partial charge in [-0.1, -0.05) is 153 Å². The molecule has 4 heteroatoms. The average Bonchev–Trinajstić information content (AvgIpc) is 3.19. The number of hydrogen-bond donors (Lipinski definition) is 4. The van der Waals surface area contributed by atoms with E-state index in [1.54, 1.807) is 0 Å². The van der Waals surface area contributed by atoms with Crippen LogP contribution in [-0.4, -0.2) is 0 Å². The SMILES string of the molecule is CCCCCCc1cc(Cc2cc(CCCCCC)c(N)c(CCCCCC)c2)cc(CCCCCC)c1N.Cc1cc(Cc2cc(C)c(N)c(C)c2)cc(C)c1N. The highest BCUT2D eigenvalue weighted by atomic mass is 14.6. The van der Waals surface area contributed by atoms with E-state index in [4.69, 9.17) is 22.9 Å². The average molecular weight is 789 g/mol. The van der Waals surface area contributed by atoms with Crippen molar-refractivity contribution in [3.63, 3.8) is 0 Å². The van der Waals surface area contributed by atoms with E-state index in [9.17, 15) is 0 Å². The Kier molecular flexibility index (Phi) is 21.9. The molecule has 4 rings (SSSR count). The molecular weight excluding hydrogens is 705 g/mol. The molecule has 320 valence electrons. The molecule has 4 aromatic carbocycles. The third kappa shape index (κ3) is 16.0. The Labute approximate surface area is 356 Å². The summed E-state index contributed by atoms with van der Waals surface area (Å²) in [5.74, 6) is 0. The predicted molar refractivity (Wildman–Crippen MR) is 259 cm³/mol. The summed E-state index contributed by atoms with van der Waals surface area (Å²) in [6, 6.07) is 18.4. The number of anilines is 4. The first-order chi connectivity index (χ1) is 27.9. The van der Waals surface area contributed by atoms with E-state index < -0.39 is 0 Å². The molecule has 0 unspecified atom stereocenters. The molecule has 0 radical (unpaired) electrons. The molecule has 0 saturated heterocycles. The molecule has 4 nitrogen and oxygen atoms in total. The Morgan fingerprint density at radius 2 is 0.517 bits per heavy atom. The van der Waals surface area contributed by atoms with E-state index in [-0.39, 0.29) is 0 Å². The quantitative estimate of drug-likeness (QED) is 0.0419. The van der Waals surface area contributed by atoms with Crippen LogP contribution in [0.5, 0.6) is 0 Å². The number of nitrogen functional groups attached to an aromatic ring is 4. The Hall–Kier alpha value is -3.92. The fourth-order valence-corrected chi connectivity index (χ4v) is 8.51. The molecule has 58 heavy (non-hydrogen) atoms. The van der Waals surface area contributed by atoms with Gasteiger partial charge >= 0.3 is 0 Å². The maximum atomic E-state index is 6.79. The highest BCUT2D eigenvalue weighted by molar-refractivity contribution is 5.60. The molecule has 8 N–H and O–H groups in total. The van der Waals surface area contributed by atoms with Gasteiger partial charge in [0.1, 0.15) is 0 Å². The molecule has 0 aliphatic heterocycles. The third-order valence-corrected chi connectivity index (χ3v) is 12.1. The number of hydrogen-bond acceptors (Lipinski definition) is 4. The lowest BCUT2D eigenvalue weighted by atomic mass is 9.90. The van der Waals surface area contributed by atoms with Crippen LogP contribution in [0.2, 0.25) is 0 Å². The largest absolute Gasteiger partial charge is 0.398 e. The molecule has 4 aromatic rings. The Morgan fingerprint density at radius 3 is 0.741 bits per heavy atom. The second-order valence-electron chi connectivity index (χ2n) is 17.5. The fourth-order valence-electron chi connectivity index (χ4n) is 8.51. The van der Waals surface area contributed by atoms with Gasteiger partial charge in [-0.15, -0.1) is 0 Å². The standard InChI is InChI=1S/C37H62N2.C17H22N2/c1-5-9-13-17-21-32-26-30(27-33(36(32)38)22-18-14-10-6-2)25-31-28-34(23-19-15-11-7-3)37(39)35(29-31)24-20-16-12-8-4;1-10-5-14(6-11(2)16(10)18)9-15-7-12(3)17(19)13(4)8-15/h26-29H,5-25,38-39H2,1-4H3;5-8H,9,18-19H2,1-4H3. The van der Waals surface area contributed by atoms with Gasteiger partial charge in [-0.3, -0.25) is 0 Å². The second kappa shape index (κ2) is 26.2. The summed E-state index contributed by atoms with van der Waals surface area (Å²) in [6.45, 7) is 17.4. The van der Waals surface area contributed by atoms with Gasteiger partial charge in [-0.25, -0.2) is 0 Å². The van der Waals surface area contributed by atoms with Crippen molar-refractivity contribution in [2.24, 2.45) is 0 Å². The highest BCUT2D eigenvalue weighted by Crippen LogP contribution is 2.30. The van der Waals surface area contributed by atoms with Crippen LogP contribution in [0.4, 0.5) is 22.7 Å². The van der Waals surface area contributed by atoms with Crippen LogP contribution in [-0.2, 0) is 38.5 Å². The maximum Gasteiger partial charge on any atom is 0.0379 e. The van der Waals surface area contributed by atoms with Crippen LogP contribution < -0.4 is 22.9 Å². The lowest BCUT2D eigenvalue weighted by molar-refractivity contribution is 0.661. The summed E-state index contributed by atoms with van der Waals surface area (Å²) < 4.78 is 0. The number of unbranched alkanes of at least 4 members (excludes halogenated alkanes) is 12. The van der Waals surface area contributed by atoms with Gasteiger partial charge in [-0.05, 0) is 159 Å². The molecule has 0 aliphatic carbocycles. The molecule has 0 bridgehead atoms. The molecule has 0 saturated carbocycles. The number of nitrogens with two attached hydrogens (primary N) is 4. The third-order valence-electron chi connectivity index (χ3n) is 12.1. The minimum Gasteiger partial charge on any atom is -0.398 e. The van der Waals surface area contributed by atoms with Crippen molar-refractivity contribution >= 4 is 22.7 Å². The molecule has 0 aliphatic rings. The van der Waals surface area contributed by atoms with Crippen molar-refractivity contribution in [1.82, 2.24) is 0 Å². The summed E-state index contributed by atoms with van der Waals surface area (Å²) in [5, 5.41) is 0. The number of rotatable bonds is 24. The lowest BCUT2D eigenvalue weighted by Gasteiger charge is -2.17. The van der Waals surface area contributed by atoms with Crippen LogP contribution in [0.3, 0.4) is 0 Å². The second-order valence-corrected chi connectivity index (χ2v) is 17.5. The predicted octanol–water partition coefficient (Wildman–Crippen LogP) is 14.6. The lowest BCUT2D eigenvalue weighted by Crippen LogP contribution is -2.06. The van der Waals surface area contributed by atoms with Gasteiger partial charge in [-0.2, -0.15) is 0 Å². The van der Waals surface area contributed by atoms with Gasteiger partial charge in [0.2, 0.25) is 0 Å². The zero-order valence-electron chi connectivity index (χ0n) is 38.5. The van der Waals surface area contributed by atoms with E-state index in [0.717, 1.165) is 83.5 Å². The van der Waals surface area contributed by atoms with Gasteiger partial charge in [0.15, 0.2) is 0 Å². The Morgan fingerprint density at radius 1 is 0.293 bits per heavy atom. The van der Waals surface area contributed by atoms with E-state index in [0.29, 0.717) is 0 Å². The summed E-state index contributed by atoms with van der Waals surface area (Å²) in [7, 11) is 0. The van der Waals surface area contributed by atoms with E-state index in [1.807, 2.05) is 0 Å². The molecular formula is C54H84N4. The zero-order valence-corrected chi connectivity index (χ0v) is 38.5. The molecule has 0 amide bonds. The molecule has 0 atom stereocenters. The Balaban J connectivity index is 0.000000393. The number of benzene rings is 4. The van der Waals surface area contributed by atoms with Crippen molar-refractivity contribution < 1.29 is 0 Å². The first kappa shape index (κ1) is 48.4. The van der Waals surface area contributed by atoms with E-state index >= 15 is 0 Å². The first-order valence-electron chi connectivity index (χ1n) is 23.4. The van der Waals surface area contributed by atoms with Crippen LogP contribution in [0.15, 0.2) is 48.5 Å². The molecule has 0 fully saturated rings. The minimum atomic E-state index is 0.897. The van der Waals surface area contributed by atoms with E-state index in [2.05, 4.69) is 104 Å². The normalized spacial score (nSPS) is 11.2. The summed E-state index contributed by atoms with van der Waals surface area (Å²) in [5.41, 5.74) is 45.1. The number of aryl methyl sites for hydroxylation is 8. The summed E-state index contributed by atoms with van der Waals surface area (Å²) in [4.78, 5) is 0. The summed E-state index contributed by atoms with van der Waals surface area (Å²) in [6.07, 6.45) is 26.8. The fraction of sp³-hybridized carbons (Fsp3) is 0.556. The minimum absolute atomic E-state index is 0.897. The smallest absolute Gasteiger partial charge is 0.0379 e. The Bertz CT molecular complexity index is 1580. The first-order valence-corrected chi connectivity index (χ1v) is 23.4. The summed E-state index contributed by atoms with van der Waals surface area (Å²) >= 11 is 0. The van der Waals surface area contributed by atoms with E-state index in [1.165, 1.54) is 147 Å². The molecule has 0 aromatic heterocycles. The van der Waals surface area contributed by atoms with Crippen LogP contribution >= 0.6 is 0 Å². The molecule has 0 heterocycles. The molecule has 0 spiro atoms. The van der Waals surface area contributed by atoms with Gasteiger partial charge in [0.05, 0.1) is 0 Å². The van der Waals surface area contributed by atoms with Gasteiger partial charge in [0, 0.05) is 22.7 Å². The van der Waals surface area contributed by atoms with Crippen molar-refractivity contribution in [2.45, 2.75) is 197 Å².